The van der Waals surface area contributed by atoms with E-state index in [9.17, 15) is 14.7 Å². The molecule has 10 heteroatoms. The molecule has 1 N–H and O–H groups in total. The molecule has 2 fully saturated rings. The van der Waals surface area contributed by atoms with E-state index in [2.05, 4.69) is 0 Å². The van der Waals surface area contributed by atoms with Gasteiger partial charge in [-0.3, -0.25) is 9.36 Å². The zero-order valence-electron chi connectivity index (χ0n) is 25.2. The number of benzene rings is 3. The van der Waals surface area contributed by atoms with Gasteiger partial charge in [-0.05, 0) is 23.6 Å². The molecule has 2 aliphatic heterocycles. The summed E-state index contributed by atoms with van der Waals surface area (Å²) >= 11 is 0. The second-order valence-electron chi connectivity index (χ2n) is 11.6. The van der Waals surface area contributed by atoms with Crippen molar-refractivity contribution in [2.24, 2.45) is 0 Å². The molecule has 3 heterocycles. The molecule has 1 aromatic heterocycles. The Morgan fingerprint density at radius 3 is 2.04 bits per heavy atom. The first-order valence-corrected chi connectivity index (χ1v) is 15.1. The minimum Gasteiger partial charge on any atom is -0.385 e. The fourth-order valence-corrected chi connectivity index (χ4v) is 6.16. The Bertz CT molecular complexity index is 1680. The summed E-state index contributed by atoms with van der Waals surface area (Å²) in [6.07, 6.45) is -0.748. The lowest BCUT2D eigenvalue weighted by molar-refractivity contribution is -0.255. The molecule has 4 atom stereocenters. The lowest BCUT2D eigenvalue weighted by Gasteiger charge is -2.47. The van der Waals surface area contributed by atoms with Crippen LogP contribution in [0.15, 0.2) is 107 Å². The summed E-state index contributed by atoms with van der Waals surface area (Å²) in [7, 11) is 0. The van der Waals surface area contributed by atoms with Gasteiger partial charge in [0.25, 0.3) is 5.56 Å². The number of aromatic nitrogens is 2. The van der Waals surface area contributed by atoms with Crippen LogP contribution in [0, 0.1) is 6.92 Å². The van der Waals surface area contributed by atoms with Gasteiger partial charge in [-0.15, -0.1) is 0 Å². The number of ether oxygens (including phenoxy) is 5. The van der Waals surface area contributed by atoms with Crippen LogP contribution >= 0.6 is 0 Å². The third kappa shape index (κ3) is 6.30. The maximum absolute atomic E-state index is 13.9. The number of fused-ring (bicyclic) bond motifs is 1. The molecule has 6 rings (SSSR count). The van der Waals surface area contributed by atoms with Gasteiger partial charge in [0.05, 0.1) is 33.0 Å². The SMILES string of the molecule is Cc1cn([C@@H]2O[C@@]3(COCc4ccccc4)COCC[C@]3(OCc3ccccc3)[C@@H]2O)c(=O)n(COCc2ccccc2)c1=O. The average molecular weight is 615 g/mol. The van der Waals surface area contributed by atoms with Gasteiger partial charge in [0.2, 0.25) is 0 Å². The summed E-state index contributed by atoms with van der Waals surface area (Å²) in [4.78, 5) is 27.0. The highest BCUT2D eigenvalue weighted by Gasteiger charge is 2.69. The maximum Gasteiger partial charge on any atom is 0.335 e. The highest BCUT2D eigenvalue weighted by Crippen LogP contribution is 2.51. The number of nitrogens with zero attached hydrogens (tertiary/aromatic N) is 2. The van der Waals surface area contributed by atoms with E-state index in [1.165, 1.54) is 10.8 Å². The average Bonchev–Trinajstić information content (AvgIpc) is 3.33. The lowest BCUT2D eigenvalue weighted by Crippen LogP contribution is -2.65. The zero-order chi connectivity index (χ0) is 31.3. The predicted molar refractivity (Wildman–Crippen MR) is 165 cm³/mol. The van der Waals surface area contributed by atoms with Crippen molar-refractivity contribution in [3.05, 3.63) is 140 Å². The minimum absolute atomic E-state index is 0.0395. The van der Waals surface area contributed by atoms with Crippen LogP contribution in [-0.4, -0.2) is 51.4 Å². The second kappa shape index (κ2) is 13.6. The van der Waals surface area contributed by atoms with E-state index in [0.29, 0.717) is 25.2 Å². The Morgan fingerprint density at radius 1 is 0.844 bits per heavy atom. The van der Waals surface area contributed by atoms with Crippen molar-refractivity contribution in [1.29, 1.82) is 0 Å². The van der Waals surface area contributed by atoms with E-state index in [4.69, 9.17) is 23.7 Å². The molecule has 0 saturated carbocycles. The number of hydrogen-bond donors (Lipinski definition) is 1. The number of aliphatic hydroxyl groups excluding tert-OH is 1. The van der Waals surface area contributed by atoms with Crippen LogP contribution in [0.25, 0.3) is 0 Å². The largest absolute Gasteiger partial charge is 0.385 e. The Balaban J connectivity index is 1.32. The number of aryl methyl sites for hydroxylation is 1. The number of hydrogen-bond acceptors (Lipinski definition) is 8. The molecule has 0 aliphatic carbocycles. The van der Waals surface area contributed by atoms with E-state index in [1.54, 1.807) is 6.92 Å². The molecule has 45 heavy (non-hydrogen) atoms. The molecule has 0 radical (unpaired) electrons. The second-order valence-corrected chi connectivity index (χ2v) is 11.6. The summed E-state index contributed by atoms with van der Waals surface area (Å²) in [6, 6.07) is 28.9. The topological polar surface area (TPSA) is 110 Å². The van der Waals surface area contributed by atoms with Crippen LogP contribution in [0.3, 0.4) is 0 Å². The van der Waals surface area contributed by atoms with Crippen molar-refractivity contribution < 1.29 is 28.8 Å². The molecule has 0 unspecified atom stereocenters. The van der Waals surface area contributed by atoms with Crippen LogP contribution in [0.2, 0.25) is 0 Å². The van der Waals surface area contributed by atoms with Crippen molar-refractivity contribution in [3.8, 4) is 0 Å². The highest BCUT2D eigenvalue weighted by molar-refractivity contribution is 5.19. The Hall–Kier alpha value is -3.90. The van der Waals surface area contributed by atoms with Crippen molar-refractivity contribution in [2.45, 2.75) is 63.4 Å². The third-order valence-corrected chi connectivity index (χ3v) is 8.58. The zero-order valence-corrected chi connectivity index (χ0v) is 25.2. The molecule has 2 saturated heterocycles. The van der Waals surface area contributed by atoms with E-state index < -0.39 is 34.8 Å². The molecule has 4 aromatic rings. The van der Waals surface area contributed by atoms with E-state index in [0.717, 1.165) is 21.3 Å². The Kier molecular flexibility index (Phi) is 9.41. The summed E-state index contributed by atoms with van der Waals surface area (Å²) in [5.41, 5.74) is -0.566. The minimum atomic E-state index is -1.29. The quantitative estimate of drug-likeness (QED) is 0.257. The van der Waals surface area contributed by atoms with Gasteiger partial charge in [0.1, 0.15) is 24.0 Å². The molecule has 3 aromatic carbocycles. The van der Waals surface area contributed by atoms with Crippen LogP contribution in [0.5, 0.6) is 0 Å². The number of rotatable bonds is 12. The van der Waals surface area contributed by atoms with Crippen LogP contribution in [0.1, 0.15) is 34.9 Å². The summed E-state index contributed by atoms with van der Waals surface area (Å²) in [5, 5.41) is 12.1. The molecular formula is C35H38N2O8. The van der Waals surface area contributed by atoms with Gasteiger partial charge < -0.3 is 28.8 Å². The normalized spacial score (nSPS) is 24.4. The first-order valence-electron chi connectivity index (χ1n) is 15.1. The van der Waals surface area contributed by atoms with Gasteiger partial charge >= 0.3 is 5.69 Å². The Morgan fingerprint density at radius 2 is 1.42 bits per heavy atom. The molecule has 0 bridgehead atoms. The van der Waals surface area contributed by atoms with Gasteiger partial charge in [-0.1, -0.05) is 91.0 Å². The van der Waals surface area contributed by atoms with Crippen LogP contribution < -0.4 is 11.2 Å². The molecular weight excluding hydrogens is 576 g/mol. The van der Waals surface area contributed by atoms with Gasteiger partial charge in [0.15, 0.2) is 6.23 Å². The standard InChI is InChI=1S/C35H38N2O8/c1-26-19-36(33(40)37(31(26)39)25-43-21-28-13-7-3-8-14-28)32-30(38)35(44-22-29-15-9-4-10-16-29)17-18-41-23-34(35,45-32)24-42-20-27-11-5-2-6-12-27/h2-16,19,30,32,38H,17-18,20-25H2,1H3/t30-,32-,34-,35+/m1/s1. The van der Waals surface area contributed by atoms with Gasteiger partial charge in [-0.2, -0.15) is 0 Å². The first-order chi connectivity index (χ1) is 21.9. The van der Waals surface area contributed by atoms with Gasteiger partial charge in [-0.25, -0.2) is 9.36 Å². The molecule has 10 nitrogen and oxygen atoms in total. The van der Waals surface area contributed by atoms with Crippen LogP contribution in [-0.2, 0) is 50.2 Å². The van der Waals surface area contributed by atoms with Crippen molar-refractivity contribution >= 4 is 0 Å². The third-order valence-electron chi connectivity index (χ3n) is 8.58. The fraction of sp³-hybridized carbons (Fsp3) is 0.371. The van der Waals surface area contributed by atoms with Crippen molar-refractivity contribution in [2.75, 3.05) is 19.8 Å². The van der Waals surface area contributed by atoms with Crippen molar-refractivity contribution in [1.82, 2.24) is 9.13 Å². The Labute approximate surface area is 261 Å². The smallest absolute Gasteiger partial charge is 0.335 e. The molecule has 0 spiro atoms. The number of aliphatic hydroxyl groups is 1. The maximum atomic E-state index is 13.9. The van der Waals surface area contributed by atoms with Crippen LogP contribution in [0.4, 0.5) is 0 Å². The van der Waals surface area contributed by atoms with E-state index in [-0.39, 0.29) is 33.2 Å². The predicted octanol–water partition coefficient (Wildman–Crippen LogP) is 3.71. The molecule has 236 valence electrons. The summed E-state index contributed by atoms with van der Waals surface area (Å²) in [5.74, 6) is 0. The summed E-state index contributed by atoms with van der Waals surface area (Å²) < 4.78 is 33.5. The lowest BCUT2D eigenvalue weighted by atomic mass is 9.77. The highest BCUT2D eigenvalue weighted by atomic mass is 16.6. The van der Waals surface area contributed by atoms with Crippen molar-refractivity contribution in [3.63, 3.8) is 0 Å². The fourth-order valence-electron chi connectivity index (χ4n) is 6.16. The van der Waals surface area contributed by atoms with E-state index >= 15 is 0 Å². The van der Waals surface area contributed by atoms with E-state index in [1.807, 2.05) is 91.0 Å². The monoisotopic (exact) mass is 614 g/mol. The molecule has 2 aliphatic rings. The first kappa shape index (κ1) is 31.1. The van der Waals surface area contributed by atoms with Gasteiger partial charge in [0, 0.05) is 24.8 Å². The summed E-state index contributed by atoms with van der Waals surface area (Å²) in [6.45, 7) is 2.53. The molecule has 0 amide bonds.